The second-order valence-corrected chi connectivity index (χ2v) is 4.90. The predicted molar refractivity (Wildman–Crippen MR) is 78.5 cm³/mol. The lowest BCUT2D eigenvalue weighted by Crippen LogP contribution is -2.24. The molecule has 20 heavy (non-hydrogen) atoms. The number of carbonyl (C=O) groups excluding carboxylic acids is 1. The highest BCUT2D eigenvalue weighted by Gasteiger charge is 2.13. The third kappa shape index (κ3) is 4.10. The monoisotopic (exact) mass is 266 g/mol. The zero-order valence-electron chi connectivity index (χ0n) is 11.4. The summed E-state index contributed by atoms with van der Waals surface area (Å²) in [5.74, 6) is 0.0167. The van der Waals surface area contributed by atoms with Crippen molar-refractivity contribution in [3.63, 3.8) is 0 Å². The van der Waals surface area contributed by atoms with E-state index in [-0.39, 0.29) is 11.5 Å². The first-order valence-corrected chi connectivity index (χ1v) is 6.88. The van der Waals surface area contributed by atoms with Gasteiger partial charge in [0, 0.05) is 6.54 Å². The molecule has 0 radical (unpaired) electrons. The second-order valence-electron chi connectivity index (χ2n) is 4.90. The van der Waals surface area contributed by atoms with Crippen molar-refractivity contribution in [3.8, 4) is 6.07 Å². The van der Waals surface area contributed by atoms with E-state index in [2.05, 4.69) is 17.5 Å². The summed E-state index contributed by atoms with van der Waals surface area (Å²) in [4.78, 5) is 12.0. The molecule has 0 heterocycles. The molecule has 1 aliphatic rings. The Kier molecular flexibility index (Phi) is 5.14. The Bertz CT molecular complexity index is 552. The molecule has 0 saturated heterocycles. The van der Waals surface area contributed by atoms with Gasteiger partial charge in [0.25, 0.3) is 5.91 Å². The Morgan fingerprint density at radius 2 is 2.15 bits per heavy atom. The van der Waals surface area contributed by atoms with Gasteiger partial charge in [0.05, 0.1) is 0 Å². The Balaban J connectivity index is 1.94. The smallest absolute Gasteiger partial charge is 0.261 e. The molecule has 1 amide bonds. The third-order valence-electron chi connectivity index (χ3n) is 3.37. The average molecular weight is 266 g/mol. The quantitative estimate of drug-likeness (QED) is 0.517. The van der Waals surface area contributed by atoms with Crippen LogP contribution in [0.15, 0.2) is 54.1 Å². The van der Waals surface area contributed by atoms with Crippen LogP contribution in [0.1, 0.15) is 24.8 Å². The number of nitrogens with one attached hydrogen (secondary N) is 1. The standard InChI is InChI=1S/C17H18N2O/c18-12-16(11-14-7-3-1-4-8-14)17(20)19-13-15-9-5-2-6-10-15/h1-3,5-6,9-11,14H,4,7-8,13H2,(H,19,20)/b16-11+/t14-/m1/s1. The minimum atomic E-state index is -0.286. The van der Waals surface area contributed by atoms with Crippen LogP contribution in [0.2, 0.25) is 0 Å². The molecule has 2 rings (SSSR count). The Labute approximate surface area is 119 Å². The summed E-state index contributed by atoms with van der Waals surface area (Å²) < 4.78 is 0. The molecular weight excluding hydrogens is 248 g/mol. The summed E-state index contributed by atoms with van der Waals surface area (Å²) in [5, 5.41) is 11.9. The lowest BCUT2D eigenvalue weighted by Gasteiger charge is -2.13. The van der Waals surface area contributed by atoms with E-state index in [4.69, 9.17) is 5.26 Å². The van der Waals surface area contributed by atoms with Gasteiger partial charge in [0.1, 0.15) is 11.6 Å². The summed E-state index contributed by atoms with van der Waals surface area (Å²) in [6, 6.07) is 11.7. The van der Waals surface area contributed by atoms with E-state index in [1.807, 2.05) is 42.5 Å². The van der Waals surface area contributed by atoms with Gasteiger partial charge in [-0.25, -0.2) is 0 Å². The molecule has 3 heteroatoms. The van der Waals surface area contributed by atoms with Gasteiger partial charge in [-0.15, -0.1) is 0 Å². The Morgan fingerprint density at radius 3 is 2.80 bits per heavy atom. The number of hydrogen-bond acceptors (Lipinski definition) is 2. The summed E-state index contributed by atoms with van der Waals surface area (Å²) in [6.07, 6.45) is 9.01. The molecule has 0 saturated carbocycles. The van der Waals surface area contributed by atoms with Gasteiger partial charge in [-0.05, 0) is 30.7 Å². The van der Waals surface area contributed by atoms with E-state index in [9.17, 15) is 4.79 Å². The first kappa shape index (κ1) is 14.1. The van der Waals surface area contributed by atoms with E-state index >= 15 is 0 Å². The van der Waals surface area contributed by atoms with E-state index in [1.54, 1.807) is 0 Å². The molecule has 1 aromatic carbocycles. The van der Waals surface area contributed by atoms with Crippen molar-refractivity contribution in [2.24, 2.45) is 5.92 Å². The van der Waals surface area contributed by atoms with Gasteiger partial charge in [0.15, 0.2) is 0 Å². The summed E-state index contributed by atoms with van der Waals surface area (Å²) in [7, 11) is 0. The normalized spacial score (nSPS) is 18.4. The van der Waals surface area contributed by atoms with Crippen LogP contribution in [0.5, 0.6) is 0 Å². The van der Waals surface area contributed by atoms with E-state index < -0.39 is 0 Å². The number of nitriles is 1. The first-order chi connectivity index (χ1) is 9.79. The highest BCUT2D eigenvalue weighted by Crippen LogP contribution is 2.20. The fourth-order valence-corrected chi connectivity index (χ4v) is 2.24. The zero-order chi connectivity index (χ0) is 14.2. The van der Waals surface area contributed by atoms with Crippen LogP contribution in [-0.2, 0) is 11.3 Å². The summed E-state index contributed by atoms with van der Waals surface area (Å²) >= 11 is 0. The van der Waals surface area contributed by atoms with Crippen LogP contribution in [0.4, 0.5) is 0 Å². The minimum Gasteiger partial charge on any atom is -0.347 e. The highest BCUT2D eigenvalue weighted by molar-refractivity contribution is 5.97. The molecule has 0 bridgehead atoms. The van der Waals surface area contributed by atoms with Crippen LogP contribution >= 0.6 is 0 Å². The maximum absolute atomic E-state index is 12.0. The molecule has 1 aromatic rings. The number of allylic oxidation sites excluding steroid dienone is 3. The molecule has 0 fully saturated rings. The third-order valence-corrected chi connectivity index (χ3v) is 3.37. The molecule has 102 valence electrons. The van der Waals surface area contributed by atoms with Crippen molar-refractivity contribution in [2.45, 2.75) is 25.8 Å². The molecule has 1 aliphatic carbocycles. The first-order valence-electron chi connectivity index (χ1n) is 6.88. The van der Waals surface area contributed by atoms with Gasteiger partial charge in [-0.3, -0.25) is 4.79 Å². The molecule has 0 spiro atoms. The fraction of sp³-hybridized carbons (Fsp3) is 0.294. The molecule has 0 aromatic heterocycles. The molecule has 1 atom stereocenters. The number of amides is 1. The maximum atomic E-state index is 12.0. The molecule has 0 aliphatic heterocycles. The lowest BCUT2D eigenvalue weighted by molar-refractivity contribution is -0.117. The van der Waals surface area contributed by atoms with E-state index in [0.29, 0.717) is 12.5 Å². The lowest BCUT2D eigenvalue weighted by atomic mass is 9.92. The topological polar surface area (TPSA) is 52.9 Å². The number of benzene rings is 1. The summed E-state index contributed by atoms with van der Waals surface area (Å²) in [5.41, 5.74) is 1.25. The maximum Gasteiger partial charge on any atom is 0.261 e. The SMILES string of the molecule is N#C/C(=C\[C@@H]1CC=CCC1)C(=O)NCc1ccccc1. The van der Waals surface area contributed by atoms with Crippen LogP contribution in [-0.4, -0.2) is 5.91 Å². The van der Waals surface area contributed by atoms with Crippen LogP contribution in [0, 0.1) is 17.2 Å². The number of hydrogen-bond donors (Lipinski definition) is 1. The van der Waals surface area contributed by atoms with Crippen molar-refractivity contribution in [1.29, 1.82) is 5.26 Å². The van der Waals surface area contributed by atoms with Crippen molar-refractivity contribution in [2.75, 3.05) is 0 Å². The van der Waals surface area contributed by atoms with Crippen molar-refractivity contribution in [1.82, 2.24) is 5.32 Å². The van der Waals surface area contributed by atoms with Crippen molar-refractivity contribution >= 4 is 5.91 Å². The van der Waals surface area contributed by atoms with Gasteiger partial charge in [0.2, 0.25) is 0 Å². The largest absolute Gasteiger partial charge is 0.347 e. The Hall–Kier alpha value is -2.34. The molecule has 3 nitrogen and oxygen atoms in total. The molecule has 0 unspecified atom stereocenters. The molecular formula is C17H18N2O. The van der Waals surface area contributed by atoms with Gasteiger partial charge < -0.3 is 5.32 Å². The Morgan fingerprint density at radius 1 is 1.35 bits per heavy atom. The van der Waals surface area contributed by atoms with Crippen molar-refractivity contribution in [3.05, 3.63) is 59.7 Å². The number of carbonyl (C=O) groups is 1. The van der Waals surface area contributed by atoms with Gasteiger partial charge >= 0.3 is 0 Å². The number of rotatable bonds is 4. The fourth-order valence-electron chi connectivity index (χ4n) is 2.24. The van der Waals surface area contributed by atoms with Crippen LogP contribution in [0.25, 0.3) is 0 Å². The predicted octanol–water partition coefficient (Wildman–Crippen LogP) is 3.11. The van der Waals surface area contributed by atoms with Gasteiger partial charge in [-0.2, -0.15) is 5.26 Å². The number of nitrogens with zero attached hydrogens (tertiary/aromatic N) is 1. The van der Waals surface area contributed by atoms with E-state index in [0.717, 1.165) is 24.8 Å². The van der Waals surface area contributed by atoms with Gasteiger partial charge in [-0.1, -0.05) is 48.6 Å². The molecule has 1 N–H and O–H groups in total. The highest BCUT2D eigenvalue weighted by atomic mass is 16.1. The van der Waals surface area contributed by atoms with E-state index in [1.165, 1.54) is 0 Å². The van der Waals surface area contributed by atoms with Crippen LogP contribution < -0.4 is 5.32 Å². The average Bonchev–Trinajstić information content (AvgIpc) is 2.52. The van der Waals surface area contributed by atoms with Crippen LogP contribution in [0.3, 0.4) is 0 Å². The minimum absolute atomic E-state index is 0.223. The zero-order valence-corrected chi connectivity index (χ0v) is 11.4. The summed E-state index contributed by atoms with van der Waals surface area (Å²) in [6.45, 7) is 0.448. The second kappa shape index (κ2) is 7.30. The van der Waals surface area contributed by atoms with Crippen molar-refractivity contribution < 1.29 is 4.79 Å².